The summed E-state index contributed by atoms with van der Waals surface area (Å²) >= 11 is 1.43. The first-order valence-corrected chi connectivity index (χ1v) is 6.19. The van der Waals surface area contributed by atoms with Gasteiger partial charge in [-0.1, -0.05) is 29.5 Å². The molecule has 3 nitrogen and oxygen atoms in total. The van der Waals surface area contributed by atoms with Crippen LogP contribution in [0.15, 0.2) is 24.4 Å². The summed E-state index contributed by atoms with van der Waals surface area (Å²) < 4.78 is 13.5. The lowest BCUT2D eigenvalue weighted by molar-refractivity contribution is 0.629. The van der Waals surface area contributed by atoms with E-state index < -0.39 is 0 Å². The van der Waals surface area contributed by atoms with Gasteiger partial charge >= 0.3 is 0 Å². The number of anilines is 1. The van der Waals surface area contributed by atoms with Crippen LogP contribution >= 0.6 is 11.3 Å². The summed E-state index contributed by atoms with van der Waals surface area (Å²) in [6.45, 7) is 1.43. The Labute approximate surface area is 103 Å². The van der Waals surface area contributed by atoms with E-state index in [9.17, 15) is 4.39 Å². The molecule has 1 aromatic carbocycles. The molecule has 0 saturated carbocycles. The Balaban J connectivity index is 2.10. The molecule has 0 aliphatic carbocycles. The van der Waals surface area contributed by atoms with E-state index in [2.05, 4.69) is 16.4 Å². The molecule has 17 heavy (non-hydrogen) atoms. The third-order valence-corrected chi connectivity index (χ3v) is 3.22. The van der Waals surface area contributed by atoms with Crippen molar-refractivity contribution in [1.29, 1.82) is 0 Å². The molecule has 0 bridgehead atoms. The van der Waals surface area contributed by atoms with Crippen molar-refractivity contribution < 1.29 is 4.39 Å². The molecule has 2 rings (SSSR count). The van der Waals surface area contributed by atoms with Gasteiger partial charge in [-0.15, -0.1) is 0 Å². The number of thiazole rings is 1. The van der Waals surface area contributed by atoms with Gasteiger partial charge in [-0.3, -0.25) is 0 Å². The monoisotopic (exact) mass is 250 g/mol. The minimum absolute atomic E-state index is 0.343. The highest BCUT2D eigenvalue weighted by Crippen LogP contribution is 2.30. The average Bonchev–Trinajstić information content (AvgIpc) is 2.79. The van der Waals surface area contributed by atoms with Crippen molar-refractivity contribution in [3.63, 3.8) is 0 Å². The Kier molecular flexibility index (Phi) is 4.06. The Morgan fingerprint density at radius 3 is 3.18 bits per heavy atom. The van der Waals surface area contributed by atoms with Gasteiger partial charge in [0.1, 0.15) is 5.82 Å². The number of hydrogen-bond acceptors (Lipinski definition) is 4. The molecule has 1 aromatic heterocycles. The predicted octanol–water partition coefficient (Wildman–Crippen LogP) is 2.51. The van der Waals surface area contributed by atoms with Crippen molar-refractivity contribution in [2.75, 3.05) is 18.4 Å². The number of benzene rings is 1. The molecule has 0 amide bonds. The zero-order chi connectivity index (χ0) is 12.1. The minimum atomic E-state index is -0.343. The van der Waals surface area contributed by atoms with Crippen LogP contribution in [0.25, 0.3) is 10.4 Å². The summed E-state index contributed by atoms with van der Waals surface area (Å²) in [6.07, 6.45) is 2.56. The van der Waals surface area contributed by atoms with Crippen molar-refractivity contribution in [3.05, 3.63) is 36.3 Å². The smallest absolute Gasteiger partial charge is 0.183 e. The molecule has 0 spiro atoms. The fourth-order valence-electron chi connectivity index (χ4n) is 1.38. The Morgan fingerprint density at radius 1 is 1.53 bits per heavy atom. The molecule has 2 aromatic rings. The largest absolute Gasteiger partial charge is 0.361 e. The van der Waals surface area contributed by atoms with Crippen LogP contribution in [0.1, 0.15) is 6.42 Å². The summed E-state index contributed by atoms with van der Waals surface area (Å²) in [7, 11) is 0. The highest BCUT2D eigenvalue weighted by atomic mass is 32.1. The van der Waals surface area contributed by atoms with Crippen LogP contribution in [0.3, 0.4) is 0 Å². The highest BCUT2D eigenvalue weighted by molar-refractivity contribution is 7.18. The molecule has 1 radical (unpaired) electrons. The molecule has 1 heterocycles. The summed E-state index contributed by atoms with van der Waals surface area (Å²) in [6, 6.07) is 7.58. The van der Waals surface area contributed by atoms with Crippen LogP contribution in [-0.4, -0.2) is 18.1 Å². The third-order valence-electron chi connectivity index (χ3n) is 2.23. The van der Waals surface area contributed by atoms with Gasteiger partial charge in [0.15, 0.2) is 5.13 Å². The van der Waals surface area contributed by atoms with Crippen molar-refractivity contribution in [1.82, 2.24) is 4.98 Å². The molecule has 0 atom stereocenters. The van der Waals surface area contributed by atoms with E-state index >= 15 is 0 Å². The molecular weight excluding hydrogens is 237 g/mol. The molecule has 0 aliphatic rings. The van der Waals surface area contributed by atoms with Crippen LogP contribution in [0.2, 0.25) is 0 Å². The second kappa shape index (κ2) is 5.75. The number of hydrogen-bond donors (Lipinski definition) is 2. The fraction of sp³-hybridized carbons (Fsp3) is 0.250. The van der Waals surface area contributed by atoms with Crippen molar-refractivity contribution >= 4 is 16.5 Å². The predicted molar refractivity (Wildman–Crippen MR) is 68.5 cm³/mol. The van der Waals surface area contributed by atoms with E-state index in [4.69, 9.17) is 5.73 Å². The van der Waals surface area contributed by atoms with E-state index in [0.717, 1.165) is 23.0 Å². The second-order valence-electron chi connectivity index (χ2n) is 3.50. The zero-order valence-electron chi connectivity index (χ0n) is 9.24. The molecular formula is C12H13FN3S. The van der Waals surface area contributed by atoms with E-state index in [1.54, 1.807) is 24.4 Å². The van der Waals surface area contributed by atoms with Gasteiger partial charge in [0, 0.05) is 24.4 Å². The lowest BCUT2D eigenvalue weighted by atomic mass is 10.2. The molecule has 0 unspecified atom stereocenters. The Bertz CT molecular complexity index is 484. The summed E-state index contributed by atoms with van der Waals surface area (Å²) in [5, 5.41) is 3.94. The first kappa shape index (κ1) is 12.0. The zero-order valence-corrected chi connectivity index (χ0v) is 10.1. The summed E-state index contributed by atoms with van der Waals surface area (Å²) in [5.74, 6) is -0.343. The van der Waals surface area contributed by atoms with Gasteiger partial charge in [-0.2, -0.15) is 0 Å². The maximum Gasteiger partial charge on any atom is 0.183 e. The lowest BCUT2D eigenvalue weighted by Gasteiger charge is -1.99. The fourth-order valence-corrected chi connectivity index (χ4v) is 2.25. The molecule has 5 heteroatoms. The van der Waals surface area contributed by atoms with E-state index in [1.807, 2.05) is 0 Å². The maximum absolute atomic E-state index is 13.5. The van der Waals surface area contributed by atoms with Crippen LogP contribution < -0.4 is 11.1 Å². The first-order chi connectivity index (χ1) is 8.31. The normalized spacial score (nSPS) is 10.5. The van der Waals surface area contributed by atoms with Crippen LogP contribution in [0, 0.1) is 11.9 Å². The number of nitrogens with two attached hydrogens (primary N) is 1. The highest BCUT2D eigenvalue weighted by Gasteiger charge is 2.08. The van der Waals surface area contributed by atoms with Crippen LogP contribution in [0.5, 0.6) is 0 Å². The quantitative estimate of drug-likeness (QED) is 0.802. The average molecular weight is 250 g/mol. The standard InChI is InChI=1S/C12H13FN3S/c13-10-5-2-1-4-9(10)11-8-16-12(17-11)15-7-3-6-14/h1-2,4,8H,3,6-7,14H2,(H,15,16). The number of rotatable bonds is 5. The Morgan fingerprint density at radius 2 is 2.41 bits per heavy atom. The number of nitrogens with zero attached hydrogens (tertiary/aromatic N) is 1. The van der Waals surface area contributed by atoms with Gasteiger partial charge < -0.3 is 11.1 Å². The van der Waals surface area contributed by atoms with Crippen molar-refractivity contribution in [3.8, 4) is 10.4 Å². The molecule has 0 aliphatic heterocycles. The topological polar surface area (TPSA) is 50.9 Å². The molecule has 0 fully saturated rings. The molecule has 3 N–H and O–H groups in total. The lowest BCUT2D eigenvalue weighted by Crippen LogP contribution is -2.07. The maximum atomic E-state index is 13.5. The summed E-state index contributed by atoms with van der Waals surface area (Å²) in [4.78, 5) is 4.99. The van der Waals surface area contributed by atoms with Crippen LogP contribution in [0.4, 0.5) is 9.52 Å². The van der Waals surface area contributed by atoms with Gasteiger partial charge in [0.05, 0.1) is 4.88 Å². The van der Waals surface area contributed by atoms with Gasteiger partial charge in [-0.05, 0) is 13.0 Å². The van der Waals surface area contributed by atoms with Gasteiger partial charge in [0.25, 0.3) is 0 Å². The number of aromatic nitrogens is 1. The van der Waals surface area contributed by atoms with E-state index in [1.165, 1.54) is 11.3 Å². The van der Waals surface area contributed by atoms with E-state index in [-0.39, 0.29) is 5.82 Å². The van der Waals surface area contributed by atoms with Gasteiger partial charge in [0.2, 0.25) is 0 Å². The van der Waals surface area contributed by atoms with Gasteiger partial charge in [-0.25, -0.2) is 9.37 Å². The molecule has 0 saturated heterocycles. The first-order valence-electron chi connectivity index (χ1n) is 5.37. The SMILES string of the molecule is NCCCNc1ncc(-c2ccc[c]c2F)s1. The number of nitrogens with one attached hydrogen (secondary N) is 1. The molecule has 89 valence electrons. The van der Waals surface area contributed by atoms with Crippen LogP contribution in [-0.2, 0) is 0 Å². The Hall–Kier alpha value is -1.46. The summed E-state index contributed by atoms with van der Waals surface area (Å²) in [5.41, 5.74) is 5.94. The second-order valence-corrected chi connectivity index (χ2v) is 4.53. The minimum Gasteiger partial charge on any atom is -0.361 e. The third kappa shape index (κ3) is 3.01. The van der Waals surface area contributed by atoms with Crippen molar-refractivity contribution in [2.45, 2.75) is 6.42 Å². The number of halogens is 1. The van der Waals surface area contributed by atoms with E-state index in [0.29, 0.717) is 12.1 Å². The van der Waals surface area contributed by atoms with Crippen molar-refractivity contribution in [2.24, 2.45) is 5.73 Å².